The zero-order chi connectivity index (χ0) is 20.1. The maximum Gasteiger partial charge on any atom is 0.311 e. The molecule has 9 heteroatoms. The molecule has 0 saturated heterocycles. The maximum absolute atomic E-state index is 11.3. The predicted octanol–water partition coefficient (Wildman–Crippen LogP) is 4.02. The van der Waals surface area contributed by atoms with Gasteiger partial charge >= 0.3 is 5.69 Å². The highest BCUT2D eigenvalue weighted by molar-refractivity contribution is 5.86. The topological polar surface area (TPSA) is 115 Å². The molecule has 0 radical (unpaired) electrons. The summed E-state index contributed by atoms with van der Waals surface area (Å²) in [5, 5.41) is 15.5. The van der Waals surface area contributed by atoms with Crippen LogP contribution in [0.25, 0.3) is 11.0 Å². The number of fused-ring (bicyclic) bond motifs is 1. The number of hydrogen-bond acceptors (Lipinski definition) is 7. The van der Waals surface area contributed by atoms with Gasteiger partial charge in [0.05, 0.1) is 35.4 Å². The molecular formula is C19H21N5O4. The van der Waals surface area contributed by atoms with Crippen LogP contribution in [0.1, 0.15) is 25.0 Å². The molecule has 0 aliphatic rings. The number of H-pyrrole nitrogens is 1. The van der Waals surface area contributed by atoms with E-state index in [0.717, 1.165) is 16.6 Å². The second-order valence-electron chi connectivity index (χ2n) is 5.96. The van der Waals surface area contributed by atoms with E-state index >= 15 is 0 Å². The number of hydrazone groups is 1. The second kappa shape index (κ2) is 8.38. The van der Waals surface area contributed by atoms with Crippen molar-refractivity contribution in [3.05, 3.63) is 51.6 Å². The van der Waals surface area contributed by atoms with Gasteiger partial charge in [0.2, 0.25) is 11.7 Å². The fourth-order valence-corrected chi connectivity index (χ4v) is 2.70. The third-order valence-corrected chi connectivity index (χ3v) is 3.90. The minimum Gasteiger partial charge on any atom is -0.493 e. The van der Waals surface area contributed by atoms with E-state index in [0.29, 0.717) is 30.5 Å². The van der Waals surface area contributed by atoms with E-state index < -0.39 is 4.92 Å². The molecule has 2 aromatic carbocycles. The molecule has 0 saturated carbocycles. The van der Waals surface area contributed by atoms with Crippen LogP contribution in [-0.2, 0) is 0 Å². The normalized spacial score (nSPS) is 11.1. The van der Waals surface area contributed by atoms with Crippen LogP contribution in [-0.4, -0.2) is 34.3 Å². The first-order valence-corrected chi connectivity index (χ1v) is 8.85. The highest BCUT2D eigenvalue weighted by Gasteiger charge is 2.19. The summed E-state index contributed by atoms with van der Waals surface area (Å²) in [7, 11) is 0. The van der Waals surface area contributed by atoms with Crippen LogP contribution in [0.5, 0.6) is 11.5 Å². The Labute approximate surface area is 161 Å². The Kier molecular flexibility index (Phi) is 5.73. The standard InChI is InChI=1S/C19H21N5O4/c1-4-27-17-10-18(28-5-2)16(24(25)26)9-13(17)11-20-23-19-21-14-7-6-12(3)8-15(14)22-19/h6-11H,4-5H2,1-3H3,(H2,21,22,23)/b20-11-. The summed E-state index contributed by atoms with van der Waals surface area (Å²) >= 11 is 0. The maximum atomic E-state index is 11.3. The molecule has 0 aliphatic heterocycles. The highest BCUT2D eigenvalue weighted by Crippen LogP contribution is 2.34. The van der Waals surface area contributed by atoms with Crippen LogP contribution in [0.4, 0.5) is 11.6 Å². The van der Waals surface area contributed by atoms with Gasteiger partial charge < -0.3 is 14.5 Å². The molecule has 0 spiro atoms. The Balaban J connectivity index is 1.87. The Bertz CT molecular complexity index is 1030. The van der Waals surface area contributed by atoms with Gasteiger partial charge in [-0.25, -0.2) is 10.4 Å². The molecule has 0 bridgehead atoms. The third kappa shape index (κ3) is 4.20. The first-order chi connectivity index (χ1) is 13.5. The monoisotopic (exact) mass is 383 g/mol. The number of aromatic amines is 1. The van der Waals surface area contributed by atoms with E-state index in [4.69, 9.17) is 9.47 Å². The smallest absolute Gasteiger partial charge is 0.311 e. The van der Waals surface area contributed by atoms with Crippen molar-refractivity contribution in [2.75, 3.05) is 18.6 Å². The summed E-state index contributed by atoms with van der Waals surface area (Å²) in [6, 6.07) is 8.77. The number of benzene rings is 2. The molecule has 146 valence electrons. The molecule has 1 aromatic heterocycles. The molecule has 3 rings (SSSR count). The summed E-state index contributed by atoms with van der Waals surface area (Å²) in [6.07, 6.45) is 1.45. The number of hydrogen-bond donors (Lipinski definition) is 2. The zero-order valence-corrected chi connectivity index (χ0v) is 15.9. The molecule has 3 aromatic rings. The second-order valence-corrected chi connectivity index (χ2v) is 5.96. The fourth-order valence-electron chi connectivity index (χ4n) is 2.70. The lowest BCUT2D eigenvalue weighted by atomic mass is 10.1. The van der Waals surface area contributed by atoms with Gasteiger partial charge in [-0.3, -0.25) is 10.1 Å². The van der Waals surface area contributed by atoms with Crippen LogP contribution in [0.15, 0.2) is 35.4 Å². The number of anilines is 1. The SMILES string of the molecule is CCOc1cc(OCC)c([N+](=O)[O-])cc1/C=N\Nc1nc2ccc(C)cc2[nH]1. The van der Waals surface area contributed by atoms with Crippen molar-refractivity contribution in [3.8, 4) is 11.5 Å². The van der Waals surface area contributed by atoms with Crippen LogP contribution in [0.3, 0.4) is 0 Å². The molecule has 2 N–H and O–H groups in total. The highest BCUT2D eigenvalue weighted by atomic mass is 16.6. The van der Waals surface area contributed by atoms with Crippen molar-refractivity contribution in [1.82, 2.24) is 9.97 Å². The number of aromatic nitrogens is 2. The number of imidazole rings is 1. The van der Waals surface area contributed by atoms with E-state index in [1.54, 1.807) is 6.92 Å². The summed E-state index contributed by atoms with van der Waals surface area (Å²) in [5.41, 5.74) is 5.94. The van der Waals surface area contributed by atoms with Crippen molar-refractivity contribution < 1.29 is 14.4 Å². The predicted molar refractivity (Wildman–Crippen MR) is 107 cm³/mol. The number of ether oxygens (including phenoxy) is 2. The van der Waals surface area contributed by atoms with Gasteiger partial charge in [-0.05, 0) is 38.5 Å². The van der Waals surface area contributed by atoms with E-state index in [1.807, 2.05) is 32.0 Å². The van der Waals surface area contributed by atoms with Gasteiger partial charge in [-0.2, -0.15) is 5.10 Å². The first kappa shape index (κ1) is 19.2. The quantitative estimate of drug-likeness (QED) is 0.345. The van der Waals surface area contributed by atoms with E-state index in [1.165, 1.54) is 18.3 Å². The van der Waals surface area contributed by atoms with Crippen LogP contribution < -0.4 is 14.9 Å². The summed E-state index contributed by atoms with van der Waals surface area (Å²) < 4.78 is 10.9. The lowest BCUT2D eigenvalue weighted by Crippen LogP contribution is -2.03. The number of aryl methyl sites for hydroxylation is 1. The van der Waals surface area contributed by atoms with Gasteiger partial charge in [-0.1, -0.05) is 6.07 Å². The van der Waals surface area contributed by atoms with Crippen molar-refractivity contribution >= 4 is 28.9 Å². The Hall–Kier alpha value is -3.62. The fraction of sp³-hybridized carbons (Fsp3) is 0.263. The molecule has 0 aliphatic carbocycles. The number of nitrogens with zero attached hydrogens (tertiary/aromatic N) is 3. The Morgan fingerprint density at radius 3 is 2.68 bits per heavy atom. The number of nitro benzene ring substituents is 1. The molecule has 0 amide bonds. The average molecular weight is 383 g/mol. The number of rotatable bonds is 8. The lowest BCUT2D eigenvalue weighted by molar-refractivity contribution is -0.385. The van der Waals surface area contributed by atoms with Gasteiger partial charge in [0.25, 0.3) is 0 Å². The Morgan fingerprint density at radius 1 is 1.21 bits per heavy atom. The van der Waals surface area contributed by atoms with Crippen LogP contribution >= 0.6 is 0 Å². The van der Waals surface area contributed by atoms with Crippen molar-refractivity contribution in [2.45, 2.75) is 20.8 Å². The minimum atomic E-state index is -0.493. The summed E-state index contributed by atoms with van der Waals surface area (Å²) in [4.78, 5) is 18.4. The van der Waals surface area contributed by atoms with E-state index in [2.05, 4.69) is 20.5 Å². The van der Waals surface area contributed by atoms with Crippen LogP contribution in [0, 0.1) is 17.0 Å². The lowest BCUT2D eigenvalue weighted by Gasteiger charge is -2.10. The first-order valence-electron chi connectivity index (χ1n) is 8.85. The molecule has 0 unspecified atom stereocenters. The van der Waals surface area contributed by atoms with Crippen molar-refractivity contribution in [1.29, 1.82) is 0 Å². The van der Waals surface area contributed by atoms with Gasteiger partial charge in [-0.15, -0.1) is 0 Å². The van der Waals surface area contributed by atoms with Gasteiger partial charge in [0, 0.05) is 17.7 Å². The summed E-state index contributed by atoms with van der Waals surface area (Å²) in [5.74, 6) is 1.08. The summed E-state index contributed by atoms with van der Waals surface area (Å²) in [6.45, 7) is 6.31. The largest absolute Gasteiger partial charge is 0.493 e. The molecule has 0 fully saturated rings. The van der Waals surface area contributed by atoms with Crippen molar-refractivity contribution in [2.24, 2.45) is 5.10 Å². The third-order valence-electron chi connectivity index (χ3n) is 3.90. The minimum absolute atomic E-state index is 0.147. The molecular weight excluding hydrogens is 362 g/mol. The van der Waals surface area contributed by atoms with Gasteiger partial charge in [0.15, 0.2) is 0 Å². The van der Waals surface area contributed by atoms with Crippen molar-refractivity contribution in [3.63, 3.8) is 0 Å². The van der Waals surface area contributed by atoms with E-state index in [9.17, 15) is 10.1 Å². The molecule has 1 heterocycles. The van der Waals surface area contributed by atoms with Crippen LogP contribution in [0.2, 0.25) is 0 Å². The average Bonchev–Trinajstić information content (AvgIpc) is 3.05. The molecule has 9 nitrogen and oxygen atoms in total. The van der Waals surface area contributed by atoms with E-state index in [-0.39, 0.29) is 11.4 Å². The number of nitrogens with one attached hydrogen (secondary N) is 2. The molecule has 28 heavy (non-hydrogen) atoms. The molecule has 0 atom stereocenters. The Morgan fingerprint density at radius 2 is 1.96 bits per heavy atom. The number of nitro groups is 1. The zero-order valence-electron chi connectivity index (χ0n) is 15.9. The van der Waals surface area contributed by atoms with Gasteiger partial charge in [0.1, 0.15) is 5.75 Å².